The molecule has 2 rings (SSSR count). The molecule has 0 spiro atoms. The van der Waals surface area contributed by atoms with Crippen molar-refractivity contribution >= 4 is 5.69 Å². The average Bonchev–Trinajstić information content (AvgIpc) is 2.42. The van der Waals surface area contributed by atoms with Crippen LogP contribution in [0.2, 0.25) is 0 Å². The predicted octanol–water partition coefficient (Wildman–Crippen LogP) is 2.13. The van der Waals surface area contributed by atoms with Crippen LogP contribution in [0.1, 0.15) is 22.4 Å². The van der Waals surface area contributed by atoms with Gasteiger partial charge in [0.05, 0.1) is 5.69 Å². The van der Waals surface area contributed by atoms with Gasteiger partial charge in [0, 0.05) is 5.69 Å². The van der Waals surface area contributed by atoms with Crippen molar-refractivity contribution in [2.75, 3.05) is 5.73 Å². The fourth-order valence-corrected chi connectivity index (χ4v) is 1.58. The topological polar surface area (TPSA) is 84.8 Å². The SMILES string of the molecule is Cc1nnc(OCc2ccc(N)cc2)c(C#N)c1C. The molecule has 1 aromatic heterocycles. The van der Waals surface area contributed by atoms with Gasteiger partial charge in [-0.3, -0.25) is 0 Å². The molecule has 0 unspecified atom stereocenters. The number of nitrogen functional groups attached to an aromatic ring is 1. The van der Waals surface area contributed by atoms with Crippen LogP contribution in [-0.2, 0) is 6.61 Å². The highest BCUT2D eigenvalue weighted by atomic mass is 16.5. The Morgan fingerprint density at radius 3 is 2.53 bits per heavy atom. The number of anilines is 1. The number of aromatic nitrogens is 2. The quantitative estimate of drug-likeness (QED) is 0.848. The van der Waals surface area contributed by atoms with Gasteiger partial charge in [-0.1, -0.05) is 12.1 Å². The number of ether oxygens (including phenoxy) is 1. The summed E-state index contributed by atoms with van der Waals surface area (Å²) >= 11 is 0. The van der Waals surface area contributed by atoms with E-state index in [4.69, 9.17) is 15.7 Å². The first kappa shape index (κ1) is 12.8. The van der Waals surface area contributed by atoms with Gasteiger partial charge in [-0.25, -0.2) is 0 Å². The summed E-state index contributed by atoms with van der Waals surface area (Å²) in [4.78, 5) is 0. The van der Waals surface area contributed by atoms with Crippen molar-refractivity contribution < 1.29 is 4.74 Å². The number of hydrogen-bond acceptors (Lipinski definition) is 5. The van der Waals surface area contributed by atoms with Gasteiger partial charge in [0.2, 0.25) is 0 Å². The van der Waals surface area contributed by atoms with Crippen molar-refractivity contribution in [1.82, 2.24) is 10.2 Å². The van der Waals surface area contributed by atoms with Crippen molar-refractivity contribution in [3.8, 4) is 11.9 Å². The van der Waals surface area contributed by atoms with Crippen LogP contribution < -0.4 is 10.5 Å². The van der Waals surface area contributed by atoms with E-state index in [9.17, 15) is 0 Å². The van der Waals surface area contributed by atoms with E-state index in [2.05, 4.69) is 16.3 Å². The molecule has 96 valence electrons. The third-order valence-electron chi connectivity index (χ3n) is 2.89. The molecular weight excluding hydrogens is 240 g/mol. The first-order chi connectivity index (χ1) is 9.11. The summed E-state index contributed by atoms with van der Waals surface area (Å²) in [6.45, 7) is 3.97. The maximum Gasteiger partial charge on any atom is 0.252 e. The average molecular weight is 254 g/mol. The second-order valence-electron chi connectivity index (χ2n) is 4.23. The van der Waals surface area contributed by atoms with E-state index in [0.29, 0.717) is 17.9 Å². The van der Waals surface area contributed by atoms with Gasteiger partial charge >= 0.3 is 0 Å². The van der Waals surface area contributed by atoms with Gasteiger partial charge < -0.3 is 10.5 Å². The Bertz CT molecular complexity index is 629. The zero-order chi connectivity index (χ0) is 13.8. The highest BCUT2D eigenvalue weighted by Crippen LogP contribution is 2.20. The van der Waals surface area contributed by atoms with Crippen LogP contribution in [-0.4, -0.2) is 10.2 Å². The largest absolute Gasteiger partial charge is 0.471 e. The Balaban J connectivity index is 2.18. The number of aryl methyl sites for hydroxylation is 1. The lowest BCUT2D eigenvalue weighted by Gasteiger charge is -2.09. The van der Waals surface area contributed by atoms with Crippen molar-refractivity contribution in [1.29, 1.82) is 5.26 Å². The van der Waals surface area contributed by atoms with E-state index < -0.39 is 0 Å². The molecule has 0 radical (unpaired) electrons. The summed E-state index contributed by atoms with van der Waals surface area (Å²) in [6.07, 6.45) is 0. The van der Waals surface area contributed by atoms with Crippen LogP contribution in [0.5, 0.6) is 5.88 Å². The van der Waals surface area contributed by atoms with Gasteiger partial charge in [-0.2, -0.15) is 10.4 Å². The van der Waals surface area contributed by atoms with Crippen LogP contribution >= 0.6 is 0 Å². The van der Waals surface area contributed by atoms with Crippen molar-refractivity contribution in [2.24, 2.45) is 0 Å². The molecule has 1 aromatic carbocycles. The smallest absolute Gasteiger partial charge is 0.252 e. The molecule has 0 saturated carbocycles. The van der Waals surface area contributed by atoms with Gasteiger partial charge in [0.25, 0.3) is 5.88 Å². The molecule has 19 heavy (non-hydrogen) atoms. The Morgan fingerprint density at radius 2 is 1.89 bits per heavy atom. The molecule has 0 saturated heterocycles. The summed E-state index contributed by atoms with van der Waals surface area (Å²) in [7, 11) is 0. The Morgan fingerprint density at radius 1 is 1.21 bits per heavy atom. The van der Waals surface area contributed by atoms with Crippen LogP contribution in [0.3, 0.4) is 0 Å². The first-order valence-electron chi connectivity index (χ1n) is 5.83. The monoisotopic (exact) mass is 254 g/mol. The Hall–Kier alpha value is -2.61. The van der Waals surface area contributed by atoms with Gasteiger partial charge in [-0.15, -0.1) is 5.10 Å². The Kier molecular flexibility index (Phi) is 3.62. The lowest BCUT2D eigenvalue weighted by molar-refractivity contribution is 0.288. The summed E-state index contributed by atoms with van der Waals surface area (Å²) in [5.74, 6) is 0.266. The third-order valence-corrected chi connectivity index (χ3v) is 2.89. The summed E-state index contributed by atoms with van der Waals surface area (Å²) in [6, 6.07) is 9.45. The zero-order valence-electron chi connectivity index (χ0n) is 10.8. The normalized spacial score (nSPS) is 9.95. The fraction of sp³-hybridized carbons (Fsp3) is 0.214. The fourth-order valence-electron chi connectivity index (χ4n) is 1.58. The van der Waals surface area contributed by atoms with Crippen molar-refractivity contribution in [2.45, 2.75) is 20.5 Å². The maximum atomic E-state index is 9.14. The maximum absolute atomic E-state index is 9.14. The molecule has 0 atom stereocenters. The molecule has 5 heteroatoms. The predicted molar refractivity (Wildman–Crippen MR) is 71.4 cm³/mol. The standard InChI is InChI=1S/C14H14N4O/c1-9-10(2)17-18-14(13(9)7-15)19-8-11-3-5-12(16)6-4-11/h3-6H,8,16H2,1-2H3. The molecule has 0 aliphatic carbocycles. The molecule has 1 heterocycles. The number of nitrogens with two attached hydrogens (primary N) is 1. The van der Waals surface area contributed by atoms with Crippen LogP contribution in [0.4, 0.5) is 5.69 Å². The number of hydrogen-bond donors (Lipinski definition) is 1. The molecule has 0 amide bonds. The minimum Gasteiger partial charge on any atom is -0.471 e. The number of nitrogens with zero attached hydrogens (tertiary/aromatic N) is 3. The number of rotatable bonds is 3. The number of benzene rings is 1. The summed E-state index contributed by atoms with van der Waals surface area (Å²) in [5.41, 5.74) is 9.23. The van der Waals surface area contributed by atoms with Crippen LogP contribution in [0, 0.1) is 25.2 Å². The minimum absolute atomic E-state index is 0.266. The van der Waals surface area contributed by atoms with E-state index >= 15 is 0 Å². The second kappa shape index (κ2) is 5.36. The van der Waals surface area contributed by atoms with E-state index in [1.165, 1.54) is 0 Å². The van der Waals surface area contributed by atoms with E-state index in [0.717, 1.165) is 16.8 Å². The molecule has 5 nitrogen and oxygen atoms in total. The molecule has 0 fully saturated rings. The van der Waals surface area contributed by atoms with Crippen molar-refractivity contribution in [3.05, 3.63) is 46.6 Å². The van der Waals surface area contributed by atoms with Gasteiger partial charge in [-0.05, 0) is 37.1 Å². The zero-order valence-corrected chi connectivity index (χ0v) is 10.8. The van der Waals surface area contributed by atoms with E-state index in [1.54, 1.807) is 12.1 Å². The molecule has 0 aliphatic heterocycles. The summed E-state index contributed by atoms with van der Waals surface area (Å²) in [5, 5.41) is 17.0. The second-order valence-corrected chi connectivity index (χ2v) is 4.23. The molecule has 0 bridgehead atoms. The Labute approximate surface area is 111 Å². The summed E-state index contributed by atoms with van der Waals surface area (Å²) < 4.78 is 5.55. The third kappa shape index (κ3) is 2.80. The highest BCUT2D eigenvalue weighted by Gasteiger charge is 2.11. The molecule has 2 N–H and O–H groups in total. The minimum atomic E-state index is 0.266. The van der Waals surface area contributed by atoms with Crippen LogP contribution in [0.25, 0.3) is 0 Å². The lowest BCUT2D eigenvalue weighted by Crippen LogP contribution is -2.04. The molecule has 2 aromatic rings. The van der Waals surface area contributed by atoms with E-state index in [1.807, 2.05) is 26.0 Å². The molecule has 0 aliphatic rings. The highest BCUT2D eigenvalue weighted by molar-refractivity contribution is 5.45. The van der Waals surface area contributed by atoms with Crippen molar-refractivity contribution in [3.63, 3.8) is 0 Å². The van der Waals surface area contributed by atoms with Gasteiger partial charge in [0.1, 0.15) is 18.2 Å². The van der Waals surface area contributed by atoms with E-state index in [-0.39, 0.29) is 5.88 Å². The lowest BCUT2D eigenvalue weighted by atomic mass is 10.1. The molecular formula is C14H14N4O. The first-order valence-corrected chi connectivity index (χ1v) is 5.83. The van der Waals surface area contributed by atoms with Gasteiger partial charge in [0.15, 0.2) is 0 Å². The number of nitriles is 1. The van der Waals surface area contributed by atoms with Crippen LogP contribution in [0.15, 0.2) is 24.3 Å².